The number of carbonyl (C=O) groups is 1. The van der Waals surface area contributed by atoms with Gasteiger partial charge in [-0.25, -0.2) is 9.97 Å². The lowest BCUT2D eigenvalue weighted by atomic mass is 9.97. The van der Waals surface area contributed by atoms with Crippen molar-refractivity contribution in [2.24, 2.45) is 5.92 Å². The summed E-state index contributed by atoms with van der Waals surface area (Å²) in [6, 6.07) is 15.4. The third-order valence-corrected chi connectivity index (χ3v) is 5.64. The number of aryl methyl sites for hydroxylation is 1. The van der Waals surface area contributed by atoms with E-state index in [1.807, 2.05) is 55.5 Å². The largest absolute Gasteiger partial charge is 0.436 e. The first kappa shape index (κ1) is 20.3. The number of ether oxygens (including phenoxy) is 1. The van der Waals surface area contributed by atoms with Crippen LogP contribution in [0, 0.1) is 12.8 Å². The lowest BCUT2D eigenvalue weighted by molar-refractivity contribution is -0.120. The number of piperidine rings is 1. The molecule has 0 radical (unpaired) electrons. The Morgan fingerprint density at radius 1 is 1.17 bits per heavy atom. The van der Waals surface area contributed by atoms with E-state index in [2.05, 4.69) is 36.1 Å². The molecule has 1 unspecified atom stereocenters. The lowest BCUT2D eigenvalue weighted by Crippen LogP contribution is -2.41. The number of rotatable bonds is 5. The lowest BCUT2D eigenvalue weighted by Gasteiger charge is -2.33. The van der Waals surface area contributed by atoms with E-state index in [1.165, 1.54) is 0 Å². The van der Waals surface area contributed by atoms with Crippen LogP contribution in [0.25, 0.3) is 0 Å². The number of nitrogens with zero attached hydrogens (tertiary/aromatic N) is 3. The van der Waals surface area contributed by atoms with Gasteiger partial charge in [0.25, 0.3) is 5.88 Å². The molecule has 1 aliphatic heterocycles. The molecule has 1 saturated heterocycles. The zero-order valence-electron chi connectivity index (χ0n) is 16.7. The highest BCUT2D eigenvalue weighted by Crippen LogP contribution is 2.31. The van der Waals surface area contributed by atoms with Crippen molar-refractivity contribution in [1.29, 1.82) is 0 Å². The standard InChI is InChI=1S/C23H23BrN4O2/c1-16-14-18(24)9-10-20(16)27-22(29)17-6-5-13-28(15-17)21-23(26-12-11-25-21)30-19-7-3-2-4-8-19/h2-4,7-12,14,17H,5-6,13,15H2,1H3,(H,27,29). The van der Waals surface area contributed by atoms with E-state index in [0.717, 1.165) is 35.1 Å². The number of carbonyl (C=O) groups excluding carboxylic acids is 1. The number of hydrogen-bond donors (Lipinski definition) is 1. The monoisotopic (exact) mass is 466 g/mol. The van der Waals surface area contributed by atoms with Crippen molar-refractivity contribution < 1.29 is 9.53 Å². The number of para-hydroxylation sites is 1. The van der Waals surface area contributed by atoms with Crippen LogP contribution in [-0.4, -0.2) is 29.0 Å². The Morgan fingerprint density at radius 3 is 2.77 bits per heavy atom. The predicted molar refractivity (Wildman–Crippen MR) is 121 cm³/mol. The second-order valence-electron chi connectivity index (χ2n) is 7.33. The quantitative estimate of drug-likeness (QED) is 0.559. The molecule has 4 rings (SSSR count). The van der Waals surface area contributed by atoms with Crippen LogP contribution >= 0.6 is 15.9 Å². The number of aromatic nitrogens is 2. The van der Waals surface area contributed by atoms with Crippen molar-refractivity contribution in [3.05, 3.63) is 71.0 Å². The molecule has 0 saturated carbocycles. The fraction of sp³-hybridized carbons (Fsp3) is 0.261. The molecule has 2 aromatic carbocycles. The second kappa shape index (κ2) is 9.26. The number of amides is 1. The highest BCUT2D eigenvalue weighted by molar-refractivity contribution is 9.10. The minimum Gasteiger partial charge on any atom is -0.436 e. The SMILES string of the molecule is Cc1cc(Br)ccc1NC(=O)C1CCCN(c2nccnc2Oc2ccccc2)C1. The molecule has 1 aromatic heterocycles. The number of nitrogens with one attached hydrogen (secondary N) is 1. The number of hydrogen-bond acceptors (Lipinski definition) is 5. The van der Waals surface area contributed by atoms with Crippen molar-refractivity contribution in [3.63, 3.8) is 0 Å². The summed E-state index contributed by atoms with van der Waals surface area (Å²) in [5.41, 5.74) is 1.87. The summed E-state index contributed by atoms with van der Waals surface area (Å²) in [6.07, 6.45) is 5.01. The molecule has 3 aromatic rings. The first-order chi connectivity index (χ1) is 14.6. The Morgan fingerprint density at radius 2 is 1.97 bits per heavy atom. The van der Waals surface area contributed by atoms with Gasteiger partial charge in [-0.1, -0.05) is 34.1 Å². The molecule has 0 aliphatic carbocycles. The zero-order chi connectivity index (χ0) is 20.9. The Labute approximate surface area is 184 Å². The van der Waals surface area contributed by atoms with Crippen molar-refractivity contribution in [2.75, 3.05) is 23.3 Å². The van der Waals surface area contributed by atoms with E-state index >= 15 is 0 Å². The predicted octanol–water partition coefficient (Wildman–Crippen LogP) is 5.19. The summed E-state index contributed by atoms with van der Waals surface area (Å²) in [5, 5.41) is 3.08. The van der Waals surface area contributed by atoms with Crippen LogP contribution in [0.15, 0.2) is 65.4 Å². The zero-order valence-corrected chi connectivity index (χ0v) is 18.3. The van der Waals surface area contributed by atoms with Gasteiger partial charge in [0, 0.05) is 35.6 Å². The van der Waals surface area contributed by atoms with E-state index in [9.17, 15) is 4.79 Å². The maximum atomic E-state index is 12.9. The first-order valence-electron chi connectivity index (χ1n) is 9.96. The highest BCUT2D eigenvalue weighted by atomic mass is 79.9. The maximum Gasteiger partial charge on any atom is 0.263 e. The fourth-order valence-electron chi connectivity index (χ4n) is 3.59. The molecule has 1 amide bonds. The average Bonchev–Trinajstić information content (AvgIpc) is 2.77. The van der Waals surface area contributed by atoms with Crippen LogP contribution in [0.3, 0.4) is 0 Å². The third-order valence-electron chi connectivity index (χ3n) is 5.14. The normalized spacial score (nSPS) is 16.2. The minimum atomic E-state index is -0.131. The van der Waals surface area contributed by atoms with Gasteiger partial charge in [-0.2, -0.15) is 0 Å². The summed E-state index contributed by atoms with van der Waals surface area (Å²) in [5.74, 6) is 1.72. The maximum absolute atomic E-state index is 12.9. The number of halogens is 1. The molecular weight excluding hydrogens is 444 g/mol. The molecule has 1 aliphatic rings. The van der Waals surface area contributed by atoms with Gasteiger partial charge in [0.2, 0.25) is 5.91 Å². The Balaban J connectivity index is 1.48. The van der Waals surface area contributed by atoms with Crippen LogP contribution in [0.1, 0.15) is 18.4 Å². The topological polar surface area (TPSA) is 67.4 Å². The smallest absolute Gasteiger partial charge is 0.263 e. The second-order valence-corrected chi connectivity index (χ2v) is 8.25. The van der Waals surface area contributed by atoms with Crippen molar-refractivity contribution in [2.45, 2.75) is 19.8 Å². The molecule has 154 valence electrons. The van der Waals surface area contributed by atoms with Crippen molar-refractivity contribution >= 4 is 33.3 Å². The van der Waals surface area contributed by atoms with Crippen LogP contribution in [-0.2, 0) is 4.79 Å². The van der Waals surface area contributed by atoms with E-state index in [-0.39, 0.29) is 11.8 Å². The van der Waals surface area contributed by atoms with Crippen LogP contribution in [0.2, 0.25) is 0 Å². The molecule has 7 heteroatoms. The van der Waals surface area contributed by atoms with Crippen LogP contribution in [0.5, 0.6) is 11.6 Å². The van der Waals surface area contributed by atoms with Gasteiger partial charge in [-0.05, 0) is 55.7 Å². The van der Waals surface area contributed by atoms with E-state index in [1.54, 1.807) is 12.4 Å². The Kier molecular flexibility index (Phi) is 6.28. The summed E-state index contributed by atoms with van der Waals surface area (Å²) < 4.78 is 6.96. The van der Waals surface area contributed by atoms with Crippen molar-refractivity contribution in [1.82, 2.24) is 9.97 Å². The molecule has 1 fully saturated rings. The van der Waals surface area contributed by atoms with Gasteiger partial charge in [-0.15, -0.1) is 0 Å². The molecule has 30 heavy (non-hydrogen) atoms. The van der Waals surface area contributed by atoms with Gasteiger partial charge >= 0.3 is 0 Å². The van der Waals surface area contributed by atoms with Gasteiger partial charge in [0.1, 0.15) is 5.75 Å². The van der Waals surface area contributed by atoms with Crippen LogP contribution in [0.4, 0.5) is 11.5 Å². The molecular formula is C23H23BrN4O2. The van der Waals surface area contributed by atoms with Crippen molar-refractivity contribution in [3.8, 4) is 11.6 Å². The fourth-order valence-corrected chi connectivity index (χ4v) is 4.07. The molecule has 1 atom stereocenters. The highest BCUT2D eigenvalue weighted by Gasteiger charge is 2.28. The van der Waals surface area contributed by atoms with Gasteiger partial charge in [-0.3, -0.25) is 4.79 Å². The van der Waals surface area contributed by atoms with E-state index < -0.39 is 0 Å². The Hall–Kier alpha value is -2.93. The number of anilines is 2. The molecule has 1 N–H and O–H groups in total. The van der Waals surface area contributed by atoms with Gasteiger partial charge in [0.15, 0.2) is 5.82 Å². The van der Waals surface area contributed by atoms with Crippen LogP contribution < -0.4 is 15.0 Å². The summed E-state index contributed by atoms with van der Waals surface area (Å²) in [6.45, 7) is 3.37. The van der Waals surface area contributed by atoms with Gasteiger partial charge < -0.3 is 15.0 Å². The third kappa shape index (κ3) is 4.79. The Bertz CT molecular complexity index is 1030. The molecule has 0 bridgehead atoms. The summed E-state index contributed by atoms with van der Waals surface area (Å²) in [7, 11) is 0. The minimum absolute atomic E-state index is 0.0274. The molecule has 6 nitrogen and oxygen atoms in total. The molecule has 0 spiro atoms. The summed E-state index contributed by atoms with van der Waals surface area (Å²) in [4.78, 5) is 23.9. The van der Waals surface area contributed by atoms with E-state index in [0.29, 0.717) is 24.0 Å². The molecule has 2 heterocycles. The first-order valence-corrected chi connectivity index (χ1v) is 10.8. The number of benzene rings is 2. The van der Waals surface area contributed by atoms with Gasteiger partial charge in [0.05, 0.1) is 5.92 Å². The average molecular weight is 467 g/mol. The van der Waals surface area contributed by atoms with E-state index in [4.69, 9.17) is 4.74 Å². The summed E-state index contributed by atoms with van der Waals surface area (Å²) >= 11 is 3.46.